The zero-order valence-electron chi connectivity index (χ0n) is 19.7. The van der Waals surface area contributed by atoms with Crippen LogP contribution in [0.1, 0.15) is 56.1 Å². The average molecular weight is 452 g/mol. The first kappa shape index (κ1) is 21.5. The molecule has 0 unspecified atom stereocenters. The monoisotopic (exact) mass is 451 g/mol. The van der Waals surface area contributed by atoms with Crippen molar-refractivity contribution in [3.8, 4) is 5.75 Å². The maximum absolute atomic E-state index is 13.1. The van der Waals surface area contributed by atoms with E-state index in [1.54, 1.807) is 0 Å². The Balaban J connectivity index is 0.939. The largest absolute Gasteiger partial charge is 0.493 e. The van der Waals surface area contributed by atoms with Gasteiger partial charge in [0.25, 0.3) is 0 Å². The number of nitrogens with zero attached hydrogens (tertiary/aromatic N) is 2. The molecule has 1 saturated heterocycles. The van der Waals surface area contributed by atoms with E-state index in [0.717, 1.165) is 88.5 Å². The highest BCUT2D eigenvalue weighted by Crippen LogP contribution is 2.60. The molecular weight excluding hydrogens is 414 g/mol. The molecule has 2 aliphatic heterocycles. The van der Waals surface area contributed by atoms with Gasteiger partial charge in [-0.1, -0.05) is 12.1 Å². The van der Waals surface area contributed by atoms with Crippen LogP contribution in [-0.2, 0) is 22.6 Å². The number of amides is 2. The number of hydrogen-bond acceptors (Lipinski definition) is 4. The smallest absolute Gasteiger partial charge is 0.226 e. The molecule has 1 aromatic rings. The molecule has 4 aliphatic carbocycles. The van der Waals surface area contributed by atoms with E-state index < -0.39 is 0 Å². The minimum absolute atomic E-state index is 0.118. The molecule has 6 aliphatic rings. The van der Waals surface area contributed by atoms with E-state index in [2.05, 4.69) is 28.4 Å². The molecule has 6 heteroatoms. The molecule has 4 saturated carbocycles. The number of nitrogens with one attached hydrogen (secondary N) is 1. The zero-order chi connectivity index (χ0) is 22.4. The number of hydrogen-bond donors (Lipinski definition) is 1. The van der Waals surface area contributed by atoms with E-state index in [1.165, 1.54) is 30.4 Å². The van der Waals surface area contributed by atoms with E-state index in [1.807, 2.05) is 4.90 Å². The van der Waals surface area contributed by atoms with E-state index >= 15 is 0 Å². The summed E-state index contributed by atoms with van der Waals surface area (Å²) in [4.78, 5) is 30.3. The van der Waals surface area contributed by atoms with Crippen molar-refractivity contribution in [2.24, 2.45) is 23.2 Å². The van der Waals surface area contributed by atoms with Gasteiger partial charge in [0.1, 0.15) is 5.75 Å². The Labute approximate surface area is 197 Å². The molecule has 0 atom stereocenters. The number of carbonyl (C=O) groups excluding carboxylic acids is 2. The average Bonchev–Trinajstić information content (AvgIpc) is 3.26. The van der Waals surface area contributed by atoms with Crippen LogP contribution in [-0.4, -0.2) is 60.9 Å². The number of piperazine rings is 1. The Bertz CT molecular complexity index is 886. The highest BCUT2D eigenvalue weighted by atomic mass is 16.5. The minimum atomic E-state index is -0.118. The summed E-state index contributed by atoms with van der Waals surface area (Å²) in [6.07, 6.45) is 8.70. The van der Waals surface area contributed by atoms with Crippen molar-refractivity contribution < 1.29 is 14.3 Å². The molecular formula is C27H37N3O3. The summed E-state index contributed by atoms with van der Waals surface area (Å²) in [6, 6.07) is 6.52. The summed E-state index contributed by atoms with van der Waals surface area (Å²) in [5.74, 6) is 3.75. The number of carbonyl (C=O) groups is 2. The highest BCUT2D eigenvalue weighted by molar-refractivity contribution is 5.84. The molecule has 0 spiro atoms. The second-order valence-electron chi connectivity index (χ2n) is 11.4. The Hall–Kier alpha value is -2.08. The van der Waals surface area contributed by atoms with Crippen LogP contribution >= 0.6 is 0 Å². The summed E-state index contributed by atoms with van der Waals surface area (Å²) in [5, 5.41) is 3.16. The lowest BCUT2D eigenvalue weighted by Gasteiger charge is -2.55. The second-order valence-corrected chi connectivity index (χ2v) is 11.4. The molecule has 33 heavy (non-hydrogen) atoms. The van der Waals surface area contributed by atoms with Gasteiger partial charge < -0.3 is 15.0 Å². The maximum Gasteiger partial charge on any atom is 0.226 e. The van der Waals surface area contributed by atoms with Gasteiger partial charge in [-0.05, 0) is 73.5 Å². The zero-order valence-corrected chi connectivity index (χ0v) is 19.7. The van der Waals surface area contributed by atoms with Crippen LogP contribution in [0, 0.1) is 23.2 Å². The molecule has 5 fully saturated rings. The summed E-state index contributed by atoms with van der Waals surface area (Å²) < 4.78 is 5.61. The van der Waals surface area contributed by atoms with Crippen molar-refractivity contribution >= 4 is 11.8 Å². The van der Waals surface area contributed by atoms with Crippen LogP contribution in [0.5, 0.6) is 5.75 Å². The van der Waals surface area contributed by atoms with Crippen molar-refractivity contribution in [1.29, 1.82) is 0 Å². The number of fused-ring (bicyclic) bond motifs is 1. The highest BCUT2D eigenvalue weighted by Gasteiger charge is 2.54. The van der Waals surface area contributed by atoms with Gasteiger partial charge in [0.05, 0.1) is 6.61 Å². The molecule has 6 nitrogen and oxygen atoms in total. The summed E-state index contributed by atoms with van der Waals surface area (Å²) in [5.41, 5.74) is 2.52. The third-order valence-corrected chi connectivity index (χ3v) is 9.03. The Kier molecular flexibility index (Phi) is 5.60. The predicted octanol–water partition coefficient (Wildman–Crippen LogP) is 2.99. The fraction of sp³-hybridized carbons (Fsp3) is 0.704. The first-order chi connectivity index (χ1) is 16.1. The predicted molar refractivity (Wildman–Crippen MR) is 126 cm³/mol. The van der Waals surface area contributed by atoms with Crippen LogP contribution in [0.25, 0.3) is 0 Å². The standard InChI is InChI=1S/C27H37N3O3/c31-25(3-5-28-26(32)27-15-20-11-21(16-27)13-22(12-20)17-27)30-8-6-29(7-9-30)18-19-1-2-24-23(14-19)4-10-33-24/h1-2,14,20-22H,3-13,15-18H2,(H,28,32). The number of ether oxygens (including phenoxy) is 1. The maximum atomic E-state index is 13.1. The molecule has 4 bridgehead atoms. The van der Waals surface area contributed by atoms with Crippen LogP contribution in [0.2, 0.25) is 0 Å². The van der Waals surface area contributed by atoms with Gasteiger partial charge in [-0.25, -0.2) is 0 Å². The Morgan fingerprint density at radius 1 is 1.00 bits per heavy atom. The van der Waals surface area contributed by atoms with Gasteiger partial charge in [0, 0.05) is 57.5 Å². The molecule has 2 amide bonds. The number of benzene rings is 1. The van der Waals surface area contributed by atoms with Crippen LogP contribution in [0.3, 0.4) is 0 Å². The van der Waals surface area contributed by atoms with Gasteiger partial charge in [-0.2, -0.15) is 0 Å². The van der Waals surface area contributed by atoms with E-state index in [0.29, 0.717) is 13.0 Å². The summed E-state index contributed by atoms with van der Waals surface area (Å²) in [7, 11) is 0. The lowest BCUT2D eigenvalue weighted by molar-refractivity contribution is -0.146. The molecule has 178 valence electrons. The van der Waals surface area contributed by atoms with Crippen molar-refractivity contribution in [3.05, 3.63) is 29.3 Å². The van der Waals surface area contributed by atoms with E-state index in [9.17, 15) is 9.59 Å². The van der Waals surface area contributed by atoms with Crippen molar-refractivity contribution in [2.45, 2.75) is 57.9 Å². The lowest BCUT2D eigenvalue weighted by atomic mass is 9.49. The summed E-state index contributed by atoms with van der Waals surface area (Å²) >= 11 is 0. The molecule has 7 rings (SSSR count). The van der Waals surface area contributed by atoms with Gasteiger partial charge in [0.15, 0.2) is 0 Å². The van der Waals surface area contributed by atoms with Crippen molar-refractivity contribution in [3.63, 3.8) is 0 Å². The first-order valence-electron chi connectivity index (χ1n) is 13.1. The van der Waals surface area contributed by atoms with Gasteiger partial charge >= 0.3 is 0 Å². The number of rotatable bonds is 6. The molecule has 2 heterocycles. The van der Waals surface area contributed by atoms with Crippen molar-refractivity contribution in [2.75, 3.05) is 39.3 Å². The van der Waals surface area contributed by atoms with Crippen LogP contribution < -0.4 is 10.1 Å². The Morgan fingerprint density at radius 3 is 2.39 bits per heavy atom. The molecule has 1 aromatic carbocycles. The van der Waals surface area contributed by atoms with E-state index in [-0.39, 0.29) is 17.2 Å². The van der Waals surface area contributed by atoms with Crippen molar-refractivity contribution in [1.82, 2.24) is 15.1 Å². The van der Waals surface area contributed by atoms with E-state index in [4.69, 9.17) is 4.74 Å². The quantitative estimate of drug-likeness (QED) is 0.722. The van der Waals surface area contributed by atoms with Gasteiger partial charge in [-0.3, -0.25) is 14.5 Å². The second kappa shape index (κ2) is 8.61. The van der Waals surface area contributed by atoms with Gasteiger partial charge in [0.2, 0.25) is 11.8 Å². The fourth-order valence-electron chi connectivity index (χ4n) is 7.77. The first-order valence-corrected chi connectivity index (χ1v) is 13.1. The minimum Gasteiger partial charge on any atom is -0.493 e. The van der Waals surface area contributed by atoms with Crippen LogP contribution in [0.4, 0.5) is 0 Å². The summed E-state index contributed by atoms with van der Waals surface area (Å²) in [6.45, 7) is 5.55. The van der Waals surface area contributed by atoms with Gasteiger partial charge in [-0.15, -0.1) is 0 Å². The third-order valence-electron chi connectivity index (χ3n) is 9.03. The SMILES string of the molecule is O=C(CCNC(=O)C12CC3CC(CC(C3)C1)C2)N1CCN(Cc2ccc3c(c2)CCO3)CC1. The molecule has 0 radical (unpaired) electrons. The molecule has 0 aromatic heterocycles. The fourth-order valence-corrected chi connectivity index (χ4v) is 7.77. The van der Waals surface area contributed by atoms with Crippen LogP contribution in [0.15, 0.2) is 18.2 Å². The molecule has 1 N–H and O–H groups in total. The normalized spacial score (nSPS) is 32.5. The topological polar surface area (TPSA) is 61.9 Å². The Morgan fingerprint density at radius 2 is 1.70 bits per heavy atom. The third kappa shape index (κ3) is 4.27. The lowest BCUT2D eigenvalue weighted by Crippen LogP contribution is -2.54.